The zero-order valence-corrected chi connectivity index (χ0v) is 33.2. The fourth-order valence-corrected chi connectivity index (χ4v) is 8.54. The summed E-state index contributed by atoms with van der Waals surface area (Å²) in [5.41, 5.74) is 20.3. The van der Waals surface area contributed by atoms with Crippen LogP contribution in [0.25, 0.3) is 82.5 Å². The number of hydrogen-bond acceptors (Lipinski definition) is 1. The summed E-state index contributed by atoms with van der Waals surface area (Å²) < 4.78 is 0. The minimum Gasteiger partial charge on any atom is -0.383 e. The normalized spacial score (nSPS) is 12.0. The van der Waals surface area contributed by atoms with Crippen molar-refractivity contribution >= 4 is 43.9 Å². The summed E-state index contributed by atoms with van der Waals surface area (Å²) in [7, 11) is 0. The molecule has 2 N–H and O–H groups in total. The van der Waals surface area contributed by atoms with Crippen molar-refractivity contribution in [2.24, 2.45) is 10.7 Å². The molecule has 10 aromatic carbocycles. The number of aliphatic imine (C=N–C) groups is 1. The summed E-state index contributed by atoms with van der Waals surface area (Å²) in [6.07, 6.45) is 2.90. The molecule has 0 aliphatic rings. The molecule has 0 aliphatic heterocycles. The summed E-state index contributed by atoms with van der Waals surface area (Å²) >= 11 is 0. The molecule has 0 atom stereocenters. The van der Waals surface area contributed by atoms with Gasteiger partial charge in [0.2, 0.25) is 0 Å². The topological polar surface area (TPSA) is 38.4 Å². The Morgan fingerprint density at radius 1 is 0.367 bits per heavy atom. The SMILES string of the molecule is NC(=N/C(=C\Cc1ccc(-c2ccc(-c3ccccc3)cc2)cc1)c1ccc(-c2c3ccccc3c(-c3ccccc3)c3ccc4ccccc4c23)cc1)c1ccccc1. The molecule has 0 spiro atoms. The Balaban J connectivity index is 1.04. The van der Waals surface area contributed by atoms with E-state index in [1.165, 1.54) is 76.8 Å². The Morgan fingerprint density at radius 3 is 1.47 bits per heavy atom. The number of nitrogens with two attached hydrogens (primary N) is 1. The molecule has 2 heteroatoms. The first kappa shape index (κ1) is 36.5. The summed E-state index contributed by atoms with van der Waals surface area (Å²) in [4.78, 5) is 5.07. The largest absolute Gasteiger partial charge is 0.383 e. The first-order chi connectivity index (χ1) is 29.7. The van der Waals surface area contributed by atoms with Gasteiger partial charge in [0.15, 0.2) is 0 Å². The van der Waals surface area contributed by atoms with E-state index in [0.717, 1.165) is 22.4 Å². The highest BCUT2D eigenvalue weighted by Gasteiger charge is 2.19. The van der Waals surface area contributed by atoms with Gasteiger partial charge in [-0.1, -0.05) is 231 Å². The third-order valence-electron chi connectivity index (χ3n) is 11.6. The summed E-state index contributed by atoms with van der Waals surface area (Å²) in [5.74, 6) is 0.486. The van der Waals surface area contributed by atoms with Gasteiger partial charge in [-0.25, -0.2) is 4.99 Å². The Morgan fingerprint density at radius 2 is 0.833 bits per heavy atom. The van der Waals surface area contributed by atoms with Crippen molar-refractivity contribution in [1.82, 2.24) is 0 Å². The number of benzene rings is 10. The minimum atomic E-state index is 0.486. The van der Waals surface area contributed by atoms with E-state index in [0.29, 0.717) is 12.3 Å². The van der Waals surface area contributed by atoms with Crippen LogP contribution in [-0.4, -0.2) is 5.84 Å². The van der Waals surface area contributed by atoms with Crippen LogP contribution in [0.4, 0.5) is 0 Å². The molecule has 0 radical (unpaired) electrons. The molecule has 0 aliphatic carbocycles. The molecule has 0 saturated carbocycles. The maximum atomic E-state index is 6.70. The van der Waals surface area contributed by atoms with E-state index in [9.17, 15) is 0 Å². The van der Waals surface area contributed by atoms with Crippen molar-refractivity contribution in [3.8, 4) is 44.5 Å². The third kappa shape index (κ3) is 7.16. The highest BCUT2D eigenvalue weighted by molar-refractivity contribution is 6.27. The van der Waals surface area contributed by atoms with E-state index >= 15 is 0 Å². The van der Waals surface area contributed by atoms with Crippen molar-refractivity contribution in [2.45, 2.75) is 6.42 Å². The first-order valence-corrected chi connectivity index (χ1v) is 20.5. The number of fused-ring (bicyclic) bond motifs is 4. The highest BCUT2D eigenvalue weighted by Crippen LogP contribution is 2.46. The molecule has 284 valence electrons. The predicted molar refractivity (Wildman–Crippen MR) is 256 cm³/mol. The van der Waals surface area contributed by atoms with Gasteiger partial charge in [-0.05, 0) is 94.4 Å². The molecule has 0 unspecified atom stereocenters. The van der Waals surface area contributed by atoms with E-state index in [2.05, 4.69) is 200 Å². The van der Waals surface area contributed by atoms with E-state index in [1.807, 2.05) is 30.3 Å². The minimum absolute atomic E-state index is 0.486. The molecule has 0 aromatic heterocycles. The van der Waals surface area contributed by atoms with Crippen LogP contribution in [0.15, 0.2) is 236 Å². The van der Waals surface area contributed by atoms with Gasteiger partial charge in [0, 0.05) is 5.56 Å². The molecule has 0 heterocycles. The molecule has 0 saturated heterocycles. The monoisotopic (exact) mass is 766 g/mol. The molecule has 0 amide bonds. The first-order valence-electron chi connectivity index (χ1n) is 20.5. The lowest BCUT2D eigenvalue weighted by molar-refractivity contribution is 1.26. The molecule has 10 rings (SSSR count). The highest BCUT2D eigenvalue weighted by atomic mass is 14.9. The summed E-state index contributed by atoms with van der Waals surface area (Å²) in [5, 5.41) is 7.44. The zero-order valence-electron chi connectivity index (χ0n) is 33.2. The van der Waals surface area contributed by atoms with Crippen LogP contribution in [-0.2, 0) is 6.42 Å². The van der Waals surface area contributed by atoms with E-state index in [-0.39, 0.29) is 0 Å². The Kier molecular flexibility index (Phi) is 9.87. The van der Waals surface area contributed by atoms with E-state index < -0.39 is 0 Å². The average Bonchev–Trinajstić information content (AvgIpc) is 3.33. The Bertz CT molecular complexity index is 3160. The summed E-state index contributed by atoms with van der Waals surface area (Å²) in [6, 6.07) is 79.9. The maximum Gasteiger partial charge on any atom is 0.131 e. The van der Waals surface area contributed by atoms with Crippen molar-refractivity contribution in [3.05, 3.63) is 247 Å². The second-order valence-electron chi connectivity index (χ2n) is 15.2. The smallest absolute Gasteiger partial charge is 0.131 e. The number of rotatable bonds is 9. The van der Waals surface area contributed by atoms with Crippen LogP contribution in [0, 0.1) is 0 Å². The number of nitrogens with zero attached hydrogens (tertiary/aromatic N) is 1. The molecule has 0 fully saturated rings. The number of allylic oxidation sites excluding steroid dienone is 1. The number of hydrogen-bond donors (Lipinski definition) is 1. The molecule has 60 heavy (non-hydrogen) atoms. The lowest BCUT2D eigenvalue weighted by atomic mass is 9.84. The van der Waals surface area contributed by atoms with Gasteiger partial charge >= 0.3 is 0 Å². The van der Waals surface area contributed by atoms with Crippen molar-refractivity contribution in [2.75, 3.05) is 0 Å². The fourth-order valence-electron chi connectivity index (χ4n) is 8.54. The molecular formula is C58H42N2. The van der Waals surface area contributed by atoms with Gasteiger partial charge in [0.25, 0.3) is 0 Å². The van der Waals surface area contributed by atoms with E-state index in [4.69, 9.17) is 10.7 Å². The van der Waals surface area contributed by atoms with Crippen molar-refractivity contribution < 1.29 is 0 Å². The number of amidine groups is 1. The van der Waals surface area contributed by atoms with Gasteiger partial charge in [-0.15, -0.1) is 0 Å². The van der Waals surface area contributed by atoms with Crippen molar-refractivity contribution in [1.29, 1.82) is 0 Å². The molecule has 0 bridgehead atoms. The van der Waals surface area contributed by atoms with E-state index in [1.54, 1.807) is 0 Å². The van der Waals surface area contributed by atoms with Crippen LogP contribution in [0.5, 0.6) is 0 Å². The van der Waals surface area contributed by atoms with Gasteiger partial charge in [-0.2, -0.15) is 0 Å². The van der Waals surface area contributed by atoms with Crippen LogP contribution < -0.4 is 5.73 Å². The van der Waals surface area contributed by atoms with Crippen LogP contribution in [0.1, 0.15) is 16.7 Å². The maximum absolute atomic E-state index is 6.70. The van der Waals surface area contributed by atoms with Crippen LogP contribution in [0.2, 0.25) is 0 Å². The van der Waals surface area contributed by atoms with Crippen molar-refractivity contribution in [3.63, 3.8) is 0 Å². The standard InChI is InChI=1S/C58H42N2/c59-58(49-19-8-3-9-20-49)60-54(39-26-40-24-27-42(28-25-40)44-31-29-43(30-32-44)41-14-4-1-5-15-41)46-33-35-48(36-34-46)56-52-23-13-12-22-51(52)55(47-17-6-2-7-18-47)53-38-37-45-16-10-11-21-50(45)57(53)56/h1-25,27-39H,26H2,(H2,59,60)/b54-39-. The lowest BCUT2D eigenvalue weighted by Crippen LogP contribution is -2.13. The lowest BCUT2D eigenvalue weighted by Gasteiger charge is -2.19. The Hall–Kier alpha value is -7.81. The fraction of sp³-hybridized carbons (Fsp3) is 0.0172. The molecular weight excluding hydrogens is 725 g/mol. The van der Waals surface area contributed by atoms with Crippen LogP contribution in [0.3, 0.4) is 0 Å². The van der Waals surface area contributed by atoms with Gasteiger partial charge in [-0.3, -0.25) is 0 Å². The summed E-state index contributed by atoms with van der Waals surface area (Å²) in [6.45, 7) is 0. The van der Waals surface area contributed by atoms with Gasteiger partial charge < -0.3 is 5.73 Å². The second-order valence-corrected chi connectivity index (χ2v) is 15.2. The second kappa shape index (κ2) is 16.2. The molecule has 2 nitrogen and oxygen atoms in total. The quantitative estimate of drug-likeness (QED) is 0.0676. The predicted octanol–water partition coefficient (Wildman–Crippen LogP) is 14.8. The van der Waals surface area contributed by atoms with Gasteiger partial charge in [0.1, 0.15) is 5.84 Å². The Labute approximate surface area is 351 Å². The third-order valence-corrected chi connectivity index (χ3v) is 11.6. The van der Waals surface area contributed by atoms with Crippen LogP contribution >= 0.6 is 0 Å². The van der Waals surface area contributed by atoms with Gasteiger partial charge in [0.05, 0.1) is 5.70 Å². The molecule has 10 aromatic rings. The average molecular weight is 767 g/mol. The zero-order chi connectivity index (χ0) is 40.3.